The average molecular weight is 563 g/mol. The highest BCUT2D eigenvalue weighted by Crippen LogP contribution is 2.33. The van der Waals surface area contributed by atoms with E-state index < -0.39 is 0 Å². The molecule has 1 aromatic heterocycles. The van der Waals surface area contributed by atoms with Gasteiger partial charge in [-0.2, -0.15) is 0 Å². The van der Waals surface area contributed by atoms with Gasteiger partial charge in [0.2, 0.25) is 0 Å². The number of aromatic nitrogens is 2. The molecule has 0 radical (unpaired) electrons. The minimum Gasteiger partial charge on any atom is -0.381 e. The Hall–Kier alpha value is -1.04. The van der Waals surface area contributed by atoms with Gasteiger partial charge in [-0.05, 0) is 79.1 Å². The maximum atomic E-state index is 5.64. The van der Waals surface area contributed by atoms with Crippen LogP contribution < -0.4 is 0 Å². The molecule has 3 aliphatic heterocycles. The molecule has 0 spiro atoms. The summed E-state index contributed by atoms with van der Waals surface area (Å²) in [6.45, 7) is 31.8. The van der Waals surface area contributed by atoms with Crippen molar-refractivity contribution in [3.8, 4) is 0 Å². The molecule has 234 valence electrons. The van der Waals surface area contributed by atoms with E-state index in [-0.39, 0.29) is 5.41 Å². The first-order valence-corrected chi connectivity index (χ1v) is 16.0. The zero-order chi connectivity index (χ0) is 30.5. The molecule has 5 nitrogen and oxygen atoms in total. The van der Waals surface area contributed by atoms with Crippen molar-refractivity contribution in [3.63, 3.8) is 0 Å². The summed E-state index contributed by atoms with van der Waals surface area (Å²) in [6.07, 6.45) is 13.0. The minimum atomic E-state index is 0.0707. The van der Waals surface area contributed by atoms with Crippen LogP contribution in [0.25, 0.3) is 0 Å². The smallest absolute Gasteiger partial charge is 0.133 e. The normalized spacial score (nSPS) is 22.9. The predicted molar refractivity (Wildman–Crippen MR) is 170 cm³/mol. The van der Waals surface area contributed by atoms with E-state index in [4.69, 9.17) is 14.2 Å². The predicted octanol–water partition coefficient (Wildman–Crippen LogP) is 9.29. The molecule has 4 rings (SSSR count). The molecule has 3 aliphatic rings. The van der Waals surface area contributed by atoms with Gasteiger partial charge in [0.1, 0.15) is 5.82 Å². The SMILES string of the molecule is CC(C)(C)C1CCCCO1.CC(C)(C)C1CCCOC1.CC(C)(C)C1CCOCC1.CC(C)(C)c1ncccn1. The van der Waals surface area contributed by atoms with Gasteiger partial charge in [0, 0.05) is 50.8 Å². The van der Waals surface area contributed by atoms with Gasteiger partial charge in [0.25, 0.3) is 0 Å². The standard InChI is InChI=1S/3C9H18O.C8H12N2/c1-9(2,3)8-4-6-10-7-5-8;1-9(2,3)8-5-4-6-10-7-8;1-9(2,3)8-6-4-5-7-10-8;1-8(2,3)7-9-5-4-6-10-7/h3*8H,4-7H2,1-3H3;4-6H,1-3H3. The van der Waals surface area contributed by atoms with Gasteiger partial charge in [-0.3, -0.25) is 0 Å². The van der Waals surface area contributed by atoms with Crippen LogP contribution >= 0.6 is 0 Å². The third-order valence-electron chi connectivity index (χ3n) is 8.21. The number of hydrogen-bond donors (Lipinski definition) is 0. The van der Waals surface area contributed by atoms with E-state index in [0.717, 1.165) is 50.7 Å². The fourth-order valence-electron chi connectivity index (χ4n) is 5.10. The summed E-state index contributed by atoms with van der Waals surface area (Å²) in [6, 6.07) is 1.83. The number of hydrogen-bond acceptors (Lipinski definition) is 5. The lowest BCUT2D eigenvalue weighted by Crippen LogP contribution is -2.32. The first-order chi connectivity index (χ1) is 18.4. The van der Waals surface area contributed by atoms with E-state index >= 15 is 0 Å². The lowest BCUT2D eigenvalue weighted by molar-refractivity contribution is -0.0474. The Bertz CT molecular complexity index is 684. The molecule has 0 amide bonds. The van der Waals surface area contributed by atoms with Crippen LogP contribution in [0.4, 0.5) is 0 Å². The fraction of sp³-hybridized carbons (Fsp3) is 0.886. The summed E-state index contributed by atoms with van der Waals surface area (Å²) in [4.78, 5) is 8.28. The van der Waals surface area contributed by atoms with Gasteiger partial charge in [0.15, 0.2) is 0 Å². The Balaban J connectivity index is 0.000000267. The highest BCUT2D eigenvalue weighted by molar-refractivity contribution is 5.00. The monoisotopic (exact) mass is 563 g/mol. The minimum absolute atomic E-state index is 0.0707. The number of rotatable bonds is 0. The topological polar surface area (TPSA) is 53.5 Å². The third kappa shape index (κ3) is 15.8. The van der Waals surface area contributed by atoms with Crippen molar-refractivity contribution in [2.24, 2.45) is 28.1 Å². The van der Waals surface area contributed by atoms with Crippen molar-refractivity contribution in [1.29, 1.82) is 0 Å². The van der Waals surface area contributed by atoms with Crippen LogP contribution in [0.15, 0.2) is 18.5 Å². The van der Waals surface area contributed by atoms with Crippen LogP contribution in [-0.4, -0.2) is 49.1 Å². The summed E-state index contributed by atoms with van der Waals surface area (Å²) < 4.78 is 16.3. The van der Waals surface area contributed by atoms with Gasteiger partial charge >= 0.3 is 0 Å². The Morgan fingerprint density at radius 1 is 0.575 bits per heavy atom. The van der Waals surface area contributed by atoms with Crippen molar-refractivity contribution in [2.45, 2.75) is 140 Å². The van der Waals surface area contributed by atoms with Crippen molar-refractivity contribution in [2.75, 3.05) is 33.0 Å². The number of ether oxygens (including phenoxy) is 3. The molecular formula is C35H66N2O3. The molecule has 0 saturated carbocycles. The largest absolute Gasteiger partial charge is 0.381 e. The molecule has 40 heavy (non-hydrogen) atoms. The summed E-state index contributed by atoms with van der Waals surface area (Å²) in [5.74, 6) is 2.55. The Kier molecular flexibility index (Phi) is 15.9. The third-order valence-corrected chi connectivity index (χ3v) is 8.21. The molecular weight excluding hydrogens is 496 g/mol. The molecule has 4 heterocycles. The Morgan fingerprint density at radius 3 is 1.45 bits per heavy atom. The average Bonchev–Trinajstić information content (AvgIpc) is 2.90. The van der Waals surface area contributed by atoms with Gasteiger partial charge < -0.3 is 14.2 Å². The molecule has 0 N–H and O–H groups in total. The summed E-state index contributed by atoms with van der Waals surface area (Å²) in [5, 5.41) is 0. The molecule has 0 aromatic carbocycles. The van der Waals surface area contributed by atoms with Crippen LogP contribution in [0, 0.1) is 28.1 Å². The van der Waals surface area contributed by atoms with E-state index in [2.05, 4.69) is 93.1 Å². The molecule has 0 aliphatic carbocycles. The maximum Gasteiger partial charge on any atom is 0.133 e. The van der Waals surface area contributed by atoms with E-state index in [1.54, 1.807) is 12.4 Å². The van der Waals surface area contributed by atoms with Crippen LogP contribution in [0.5, 0.6) is 0 Å². The summed E-state index contributed by atoms with van der Waals surface area (Å²) in [7, 11) is 0. The van der Waals surface area contributed by atoms with Gasteiger partial charge in [-0.1, -0.05) is 83.1 Å². The van der Waals surface area contributed by atoms with Gasteiger partial charge in [-0.15, -0.1) is 0 Å². The van der Waals surface area contributed by atoms with E-state index in [1.807, 2.05) is 6.07 Å². The summed E-state index contributed by atoms with van der Waals surface area (Å²) in [5.41, 5.74) is 1.35. The van der Waals surface area contributed by atoms with E-state index in [9.17, 15) is 0 Å². The zero-order valence-corrected chi connectivity index (χ0v) is 28.6. The molecule has 3 saturated heterocycles. The highest BCUT2D eigenvalue weighted by Gasteiger charge is 2.28. The fourth-order valence-corrected chi connectivity index (χ4v) is 5.10. The molecule has 2 atom stereocenters. The quantitative estimate of drug-likeness (QED) is 0.315. The second-order valence-corrected chi connectivity index (χ2v) is 16.1. The molecule has 3 fully saturated rings. The van der Waals surface area contributed by atoms with Crippen molar-refractivity contribution < 1.29 is 14.2 Å². The number of nitrogens with zero attached hydrogens (tertiary/aromatic N) is 2. The molecule has 1 aromatic rings. The van der Waals surface area contributed by atoms with Crippen LogP contribution in [0.2, 0.25) is 0 Å². The van der Waals surface area contributed by atoms with Gasteiger partial charge in [0.05, 0.1) is 6.10 Å². The molecule has 2 unspecified atom stereocenters. The maximum absolute atomic E-state index is 5.64. The Labute approximate surface area is 249 Å². The van der Waals surface area contributed by atoms with Crippen LogP contribution in [0.3, 0.4) is 0 Å². The second kappa shape index (κ2) is 17.2. The molecule has 0 bridgehead atoms. The molecule has 5 heteroatoms. The highest BCUT2D eigenvalue weighted by atomic mass is 16.5. The van der Waals surface area contributed by atoms with Crippen molar-refractivity contribution >= 4 is 0 Å². The van der Waals surface area contributed by atoms with Crippen molar-refractivity contribution in [3.05, 3.63) is 24.3 Å². The Morgan fingerprint density at radius 2 is 1.15 bits per heavy atom. The zero-order valence-electron chi connectivity index (χ0n) is 28.6. The first-order valence-electron chi connectivity index (χ1n) is 16.0. The first kappa shape index (κ1) is 37.0. The second-order valence-electron chi connectivity index (χ2n) is 16.1. The van der Waals surface area contributed by atoms with Crippen molar-refractivity contribution in [1.82, 2.24) is 9.97 Å². The van der Waals surface area contributed by atoms with Crippen LogP contribution in [-0.2, 0) is 19.6 Å². The van der Waals surface area contributed by atoms with Gasteiger partial charge in [-0.25, -0.2) is 9.97 Å². The lowest BCUT2D eigenvalue weighted by Gasteiger charge is -2.33. The summed E-state index contributed by atoms with van der Waals surface area (Å²) >= 11 is 0. The van der Waals surface area contributed by atoms with E-state index in [0.29, 0.717) is 22.3 Å². The lowest BCUT2D eigenvalue weighted by atomic mass is 9.76. The van der Waals surface area contributed by atoms with E-state index in [1.165, 1.54) is 44.9 Å². The van der Waals surface area contributed by atoms with Crippen LogP contribution in [0.1, 0.15) is 134 Å².